The van der Waals surface area contributed by atoms with E-state index in [1.807, 2.05) is 13.1 Å². The second kappa shape index (κ2) is 6.22. The fourth-order valence-corrected chi connectivity index (χ4v) is 3.16. The molecule has 3 rings (SSSR count). The summed E-state index contributed by atoms with van der Waals surface area (Å²) >= 11 is 0. The van der Waals surface area contributed by atoms with E-state index in [1.54, 1.807) is 0 Å². The lowest BCUT2D eigenvalue weighted by molar-refractivity contribution is -0.0158. The summed E-state index contributed by atoms with van der Waals surface area (Å²) in [7, 11) is 0. The molecule has 2 aromatic rings. The Morgan fingerprint density at radius 2 is 2.18 bits per heavy atom. The Hall–Kier alpha value is -1.66. The van der Waals surface area contributed by atoms with Crippen LogP contribution in [0.25, 0.3) is 0 Å². The summed E-state index contributed by atoms with van der Waals surface area (Å²) in [5, 5.41) is 4.63. The van der Waals surface area contributed by atoms with Crippen molar-refractivity contribution < 1.29 is 4.74 Å². The van der Waals surface area contributed by atoms with E-state index in [2.05, 4.69) is 45.4 Å². The Bertz CT molecular complexity index is 645. The van der Waals surface area contributed by atoms with Gasteiger partial charge in [-0.1, -0.05) is 0 Å². The zero-order valence-electron chi connectivity index (χ0n) is 13.9. The normalized spacial score (nSPS) is 19.7. The Kier molecular flexibility index (Phi) is 4.31. The molecule has 6 heteroatoms. The number of rotatable bonds is 4. The molecule has 0 amide bonds. The highest BCUT2D eigenvalue weighted by Crippen LogP contribution is 2.26. The van der Waals surface area contributed by atoms with Gasteiger partial charge in [0, 0.05) is 42.8 Å². The number of H-pyrrole nitrogens is 1. The van der Waals surface area contributed by atoms with E-state index in [9.17, 15) is 0 Å². The molecule has 0 radical (unpaired) electrons. The molecule has 1 saturated heterocycles. The molecule has 120 valence electrons. The number of ether oxygens (including phenoxy) is 1. The average molecular weight is 303 g/mol. The minimum absolute atomic E-state index is 0.186. The van der Waals surface area contributed by atoms with Crippen LogP contribution < -0.4 is 0 Å². The molecule has 3 heterocycles. The van der Waals surface area contributed by atoms with Gasteiger partial charge < -0.3 is 9.72 Å². The van der Waals surface area contributed by atoms with E-state index in [0.29, 0.717) is 6.61 Å². The minimum atomic E-state index is 0.186. The molecule has 0 saturated carbocycles. The Labute approximate surface area is 131 Å². The van der Waals surface area contributed by atoms with Gasteiger partial charge in [-0.05, 0) is 27.7 Å². The predicted molar refractivity (Wildman–Crippen MR) is 84.7 cm³/mol. The first-order valence-electron chi connectivity index (χ1n) is 7.96. The minimum Gasteiger partial charge on any atom is -0.378 e. The first-order valence-corrected chi connectivity index (χ1v) is 7.96. The molecule has 0 unspecified atom stereocenters. The van der Waals surface area contributed by atoms with Crippen LogP contribution in [0.5, 0.6) is 0 Å². The summed E-state index contributed by atoms with van der Waals surface area (Å²) in [6.45, 7) is 12.6. The largest absolute Gasteiger partial charge is 0.378 e. The van der Waals surface area contributed by atoms with Crippen LogP contribution in [-0.4, -0.2) is 44.4 Å². The SMILES string of the molecule is CCn1nc(C)c(CN2CCOC[C@H]2c2ncc(C)[nH]2)c1C. The molecule has 0 aliphatic carbocycles. The van der Waals surface area contributed by atoms with Crippen LogP contribution in [-0.2, 0) is 17.8 Å². The number of imidazole rings is 1. The Morgan fingerprint density at radius 3 is 2.82 bits per heavy atom. The number of nitrogens with zero attached hydrogens (tertiary/aromatic N) is 4. The van der Waals surface area contributed by atoms with Gasteiger partial charge in [-0.3, -0.25) is 9.58 Å². The third-order valence-electron chi connectivity index (χ3n) is 4.47. The van der Waals surface area contributed by atoms with Gasteiger partial charge in [-0.15, -0.1) is 0 Å². The third kappa shape index (κ3) is 2.80. The third-order valence-corrected chi connectivity index (χ3v) is 4.47. The predicted octanol–water partition coefficient (Wildman–Crippen LogP) is 2.12. The zero-order chi connectivity index (χ0) is 15.7. The summed E-state index contributed by atoms with van der Waals surface area (Å²) in [5.74, 6) is 0.996. The number of nitrogens with one attached hydrogen (secondary N) is 1. The van der Waals surface area contributed by atoms with Gasteiger partial charge in [0.1, 0.15) is 5.82 Å². The summed E-state index contributed by atoms with van der Waals surface area (Å²) in [5.41, 5.74) is 4.81. The van der Waals surface area contributed by atoms with E-state index in [-0.39, 0.29) is 6.04 Å². The van der Waals surface area contributed by atoms with Crippen molar-refractivity contribution in [2.24, 2.45) is 0 Å². The molecule has 0 aromatic carbocycles. The van der Waals surface area contributed by atoms with Crippen molar-refractivity contribution in [1.82, 2.24) is 24.6 Å². The van der Waals surface area contributed by atoms with Gasteiger partial charge in [0.05, 0.1) is 24.9 Å². The number of aromatic nitrogens is 4. The molecule has 2 aromatic heterocycles. The Balaban J connectivity index is 1.84. The summed E-state index contributed by atoms with van der Waals surface area (Å²) < 4.78 is 7.76. The molecule has 0 spiro atoms. The highest BCUT2D eigenvalue weighted by atomic mass is 16.5. The molecule has 1 N–H and O–H groups in total. The van der Waals surface area contributed by atoms with Gasteiger partial charge >= 0.3 is 0 Å². The molecule has 0 bridgehead atoms. The van der Waals surface area contributed by atoms with Gasteiger partial charge in [0.15, 0.2) is 0 Å². The van der Waals surface area contributed by atoms with Crippen molar-refractivity contribution in [2.45, 2.75) is 46.8 Å². The topological polar surface area (TPSA) is 59.0 Å². The fraction of sp³-hybridized carbons (Fsp3) is 0.625. The molecular weight excluding hydrogens is 278 g/mol. The van der Waals surface area contributed by atoms with E-state index >= 15 is 0 Å². The highest BCUT2D eigenvalue weighted by Gasteiger charge is 2.28. The molecular formula is C16H25N5O. The molecule has 1 atom stereocenters. The quantitative estimate of drug-likeness (QED) is 0.940. The number of morpholine rings is 1. The van der Waals surface area contributed by atoms with Crippen molar-refractivity contribution in [1.29, 1.82) is 0 Å². The first-order chi connectivity index (χ1) is 10.6. The summed E-state index contributed by atoms with van der Waals surface area (Å²) in [4.78, 5) is 10.3. The summed E-state index contributed by atoms with van der Waals surface area (Å²) in [6, 6.07) is 0.186. The van der Waals surface area contributed by atoms with Crippen LogP contribution in [0.15, 0.2) is 6.20 Å². The van der Waals surface area contributed by atoms with E-state index in [0.717, 1.165) is 43.5 Å². The number of aromatic amines is 1. The maximum Gasteiger partial charge on any atom is 0.126 e. The molecule has 1 aliphatic rings. The zero-order valence-corrected chi connectivity index (χ0v) is 13.9. The van der Waals surface area contributed by atoms with Gasteiger partial charge in [0.25, 0.3) is 0 Å². The van der Waals surface area contributed by atoms with E-state index in [1.165, 1.54) is 11.3 Å². The number of hydrogen-bond donors (Lipinski definition) is 1. The van der Waals surface area contributed by atoms with Crippen molar-refractivity contribution in [3.63, 3.8) is 0 Å². The monoisotopic (exact) mass is 303 g/mol. The molecule has 1 fully saturated rings. The number of aryl methyl sites for hydroxylation is 3. The van der Waals surface area contributed by atoms with E-state index < -0.39 is 0 Å². The van der Waals surface area contributed by atoms with Crippen LogP contribution in [0, 0.1) is 20.8 Å². The van der Waals surface area contributed by atoms with Crippen molar-refractivity contribution in [2.75, 3.05) is 19.8 Å². The smallest absolute Gasteiger partial charge is 0.126 e. The lowest BCUT2D eigenvalue weighted by atomic mass is 10.1. The van der Waals surface area contributed by atoms with Crippen molar-refractivity contribution >= 4 is 0 Å². The maximum atomic E-state index is 5.68. The highest BCUT2D eigenvalue weighted by molar-refractivity contribution is 5.24. The molecule has 22 heavy (non-hydrogen) atoms. The van der Waals surface area contributed by atoms with Crippen LogP contribution in [0.3, 0.4) is 0 Å². The standard InChI is InChI=1S/C16H25N5O/c1-5-21-13(4)14(12(3)19-21)9-20-6-7-22-10-15(20)16-17-8-11(2)18-16/h8,15H,5-7,9-10H2,1-4H3,(H,17,18)/t15-/m0/s1. The van der Waals surface area contributed by atoms with Crippen molar-refractivity contribution in [3.05, 3.63) is 34.7 Å². The summed E-state index contributed by atoms with van der Waals surface area (Å²) in [6.07, 6.45) is 1.88. The van der Waals surface area contributed by atoms with Gasteiger partial charge in [-0.2, -0.15) is 5.10 Å². The second-order valence-corrected chi connectivity index (χ2v) is 5.98. The van der Waals surface area contributed by atoms with Gasteiger partial charge in [0.2, 0.25) is 0 Å². The molecule has 6 nitrogen and oxygen atoms in total. The average Bonchev–Trinajstić information content (AvgIpc) is 3.06. The van der Waals surface area contributed by atoms with Crippen LogP contribution in [0.1, 0.15) is 41.4 Å². The van der Waals surface area contributed by atoms with Crippen molar-refractivity contribution in [3.8, 4) is 0 Å². The number of hydrogen-bond acceptors (Lipinski definition) is 4. The van der Waals surface area contributed by atoms with Crippen LogP contribution >= 0.6 is 0 Å². The van der Waals surface area contributed by atoms with Crippen LogP contribution in [0.4, 0.5) is 0 Å². The molecule has 1 aliphatic heterocycles. The Morgan fingerprint density at radius 1 is 1.36 bits per heavy atom. The lowest BCUT2D eigenvalue weighted by Crippen LogP contribution is -2.39. The lowest BCUT2D eigenvalue weighted by Gasteiger charge is -2.34. The van der Waals surface area contributed by atoms with Gasteiger partial charge in [-0.25, -0.2) is 4.98 Å². The fourth-order valence-electron chi connectivity index (χ4n) is 3.16. The van der Waals surface area contributed by atoms with E-state index in [4.69, 9.17) is 4.74 Å². The second-order valence-electron chi connectivity index (χ2n) is 5.98. The maximum absolute atomic E-state index is 5.68. The van der Waals surface area contributed by atoms with Crippen LogP contribution in [0.2, 0.25) is 0 Å². The first kappa shape index (κ1) is 15.2.